The Morgan fingerprint density at radius 3 is 2.29 bits per heavy atom. The maximum Gasteiger partial charge on any atom is 0.332 e. The molecular weight excluding hydrogens is 184 g/mol. The second kappa shape index (κ2) is 4.57. The summed E-state index contributed by atoms with van der Waals surface area (Å²) >= 11 is 0. The number of hydrogen-bond acceptors (Lipinski definition) is 4. The molecule has 0 aromatic rings. The van der Waals surface area contributed by atoms with Gasteiger partial charge in [-0.3, -0.25) is 0 Å². The van der Waals surface area contributed by atoms with E-state index in [2.05, 4.69) is 11.3 Å². The van der Waals surface area contributed by atoms with Gasteiger partial charge in [0.15, 0.2) is 0 Å². The van der Waals surface area contributed by atoms with Crippen LogP contribution in [0.1, 0.15) is 27.2 Å². The number of aliphatic hydroxyl groups excluding tert-OH is 1. The first kappa shape index (κ1) is 13.1. The smallest absolute Gasteiger partial charge is 0.332 e. The minimum Gasteiger partial charge on any atom is -0.428 e. The van der Waals surface area contributed by atoms with E-state index in [1.54, 1.807) is 0 Å². The van der Waals surface area contributed by atoms with Crippen LogP contribution >= 0.6 is 0 Å². The third-order valence-corrected chi connectivity index (χ3v) is 1.51. The molecule has 0 rings (SSSR count). The van der Waals surface area contributed by atoms with Crippen molar-refractivity contribution in [3.63, 3.8) is 0 Å². The molecule has 0 aromatic carbocycles. The van der Waals surface area contributed by atoms with Crippen molar-refractivity contribution in [2.45, 2.75) is 33.0 Å². The normalized spacial score (nSPS) is 15.8. The molecule has 4 heteroatoms. The summed E-state index contributed by atoms with van der Waals surface area (Å²) in [7, 11) is 0. The summed E-state index contributed by atoms with van der Waals surface area (Å²) in [6.45, 7) is 8.20. The molecule has 4 nitrogen and oxygen atoms in total. The molecule has 1 unspecified atom stereocenters. The predicted molar refractivity (Wildman–Crippen MR) is 52.4 cm³/mol. The number of carbonyl (C=O) groups is 1. The molecule has 0 spiro atoms. The summed E-state index contributed by atoms with van der Waals surface area (Å²) in [6.07, 6.45) is 1.11. The van der Waals surface area contributed by atoms with E-state index < -0.39 is 18.4 Å². The summed E-state index contributed by atoms with van der Waals surface area (Å²) in [6, 6.07) is 0. The summed E-state index contributed by atoms with van der Waals surface area (Å²) < 4.78 is 4.66. The Bertz CT molecular complexity index is 217. The Kier molecular flexibility index (Phi) is 4.29. The van der Waals surface area contributed by atoms with Crippen LogP contribution in [-0.4, -0.2) is 28.6 Å². The highest BCUT2D eigenvalue weighted by molar-refractivity contribution is 5.81. The molecule has 14 heavy (non-hydrogen) atoms. The van der Waals surface area contributed by atoms with E-state index in [1.165, 1.54) is 0 Å². The molecule has 82 valence electrons. The molecule has 0 heterocycles. The number of aliphatic hydroxyl groups is 2. The zero-order valence-corrected chi connectivity index (χ0v) is 8.91. The minimum absolute atomic E-state index is 0.163. The summed E-state index contributed by atoms with van der Waals surface area (Å²) in [5.41, 5.74) is -0.251. The molecule has 2 N–H and O–H groups in total. The molecule has 0 bridgehead atoms. The lowest BCUT2D eigenvalue weighted by molar-refractivity contribution is -0.229. The number of carbonyl (C=O) groups excluding carboxylic acids is 1. The van der Waals surface area contributed by atoms with Gasteiger partial charge in [0, 0.05) is 12.5 Å². The number of hydrogen-bond donors (Lipinski definition) is 2. The molecular formula is C10H18O4. The standard InChI is InChI=1S/C10H18O4/c1-5-8(12)14-10(13,7-11)6-9(2,3)4/h5,11,13H,1,6-7H2,2-4H3. The second-order valence-electron chi connectivity index (χ2n) is 4.47. The van der Waals surface area contributed by atoms with Gasteiger partial charge in [-0.15, -0.1) is 0 Å². The zero-order chi connectivity index (χ0) is 11.4. The van der Waals surface area contributed by atoms with Gasteiger partial charge in [-0.25, -0.2) is 4.79 Å². The van der Waals surface area contributed by atoms with Gasteiger partial charge in [0.05, 0.1) is 0 Å². The van der Waals surface area contributed by atoms with E-state index >= 15 is 0 Å². The first-order chi connectivity index (χ1) is 6.22. The van der Waals surface area contributed by atoms with Gasteiger partial charge in [-0.05, 0) is 5.41 Å². The Morgan fingerprint density at radius 1 is 1.50 bits per heavy atom. The zero-order valence-electron chi connectivity index (χ0n) is 8.91. The Hall–Kier alpha value is -0.870. The van der Waals surface area contributed by atoms with Crippen LogP contribution in [0, 0.1) is 5.41 Å². The van der Waals surface area contributed by atoms with Crippen molar-refractivity contribution < 1.29 is 19.7 Å². The van der Waals surface area contributed by atoms with Crippen molar-refractivity contribution in [3.05, 3.63) is 12.7 Å². The third kappa shape index (κ3) is 4.99. The molecule has 1 atom stereocenters. The first-order valence-electron chi connectivity index (χ1n) is 4.41. The van der Waals surface area contributed by atoms with Crippen molar-refractivity contribution >= 4 is 5.97 Å². The molecule has 0 amide bonds. The fourth-order valence-corrected chi connectivity index (χ4v) is 1.18. The third-order valence-electron chi connectivity index (χ3n) is 1.51. The van der Waals surface area contributed by atoms with E-state index in [4.69, 9.17) is 5.11 Å². The van der Waals surface area contributed by atoms with Gasteiger partial charge in [-0.1, -0.05) is 27.4 Å². The minimum atomic E-state index is -1.82. The topological polar surface area (TPSA) is 66.8 Å². The van der Waals surface area contributed by atoms with Crippen LogP contribution in [0.15, 0.2) is 12.7 Å². The largest absolute Gasteiger partial charge is 0.428 e. The second-order valence-corrected chi connectivity index (χ2v) is 4.47. The first-order valence-corrected chi connectivity index (χ1v) is 4.41. The fourth-order valence-electron chi connectivity index (χ4n) is 1.18. The summed E-state index contributed by atoms with van der Waals surface area (Å²) in [4.78, 5) is 10.9. The van der Waals surface area contributed by atoms with Crippen LogP contribution in [0.5, 0.6) is 0 Å². The van der Waals surface area contributed by atoms with Crippen LogP contribution in [0.2, 0.25) is 0 Å². The monoisotopic (exact) mass is 202 g/mol. The van der Waals surface area contributed by atoms with Crippen LogP contribution < -0.4 is 0 Å². The van der Waals surface area contributed by atoms with E-state index in [0.29, 0.717) is 0 Å². The van der Waals surface area contributed by atoms with Crippen molar-refractivity contribution in [2.24, 2.45) is 5.41 Å². The lowest BCUT2D eigenvalue weighted by Crippen LogP contribution is -2.41. The summed E-state index contributed by atoms with van der Waals surface area (Å²) in [5, 5.41) is 18.6. The Labute approximate surface area is 84.2 Å². The number of rotatable bonds is 4. The molecule has 0 aliphatic carbocycles. The van der Waals surface area contributed by atoms with Crippen LogP contribution in [-0.2, 0) is 9.53 Å². The maximum absolute atomic E-state index is 10.9. The molecule has 0 saturated carbocycles. The van der Waals surface area contributed by atoms with Crippen LogP contribution in [0.4, 0.5) is 0 Å². The van der Waals surface area contributed by atoms with Crippen LogP contribution in [0.3, 0.4) is 0 Å². The average Bonchev–Trinajstić information content (AvgIpc) is 2.00. The van der Waals surface area contributed by atoms with Crippen molar-refractivity contribution in [1.29, 1.82) is 0 Å². The molecule has 0 aromatic heterocycles. The summed E-state index contributed by atoms with van der Waals surface area (Å²) in [5.74, 6) is -2.56. The quantitative estimate of drug-likeness (QED) is 0.402. The number of esters is 1. The van der Waals surface area contributed by atoms with Crippen molar-refractivity contribution in [1.82, 2.24) is 0 Å². The molecule has 0 fully saturated rings. The molecule has 0 saturated heterocycles. The fraction of sp³-hybridized carbons (Fsp3) is 0.700. The highest BCUT2D eigenvalue weighted by Crippen LogP contribution is 2.28. The van der Waals surface area contributed by atoms with Gasteiger partial charge in [-0.2, -0.15) is 0 Å². The highest BCUT2D eigenvalue weighted by atomic mass is 16.7. The lowest BCUT2D eigenvalue weighted by atomic mass is 9.87. The van der Waals surface area contributed by atoms with Gasteiger partial charge in [0.25, 0.3) is 0 Å². The van der Waals surface area contributed by atoms with Crippen molar-refractivity contribution in [3.8, 4) is 0 Å². The van der Waals surface area contributed by atoms with E-state index in [-0.39, 0.29) is 11.8 Å². The Balaban J connectivity index is 4.47. The van der Waals surface area contributed by atoms with Gasteiger partial charge in [0.2, 0.25) is 5.79 Å². The van der Waals surface area contributed by atoms with Gasteiger partial charge >= 0.3 is 5.97 Å². The SMILES string of the molecule is C=CC(=O)OC(O)(CO)CC(C)(C)C. The van der Waals surface area contributed by atoms with Crippen LogP contribution in [0.25, 0.3) is 0 Å². The maximum atomic E-state index is 10.9. The van der Waals surface area contributed by atoms with Gasteiger partial charge < -0.3 is 14.9 Å². The molecule has 0 radical (unpaired) electrons. The molecule has 0 aliphatic heterocycles. The average molecular weight is 202 g/mol. The highest BCUT2D eigenvalue weighted by Gasteiger charge is 2.35. The lowest BCUT2D eigenvalue weighted by Gasteiger charge is -2.31. The van der Waals surface area contributed by atoms with Crippen molar-refractivity contribution in [2.75, 3.05) is 6.61 Å². The Morgan fingerprint density at radius 2 is 2.00 bits per heavy atom. The number of ether oxygens (including phenoxy) is 1. The van der Waals surface area contributed by atoms with E-state index in [0.717, 1.165) is 6.08 Å². The van der Waals surface area contributed by atoms with E-state index in [9.17, 15) is 9.90 Å². The predicted octanol–water partition coefficient (Wildman–Crippen LogP) is 0.833. The molecule has 0 aliphatic rings. The van der Waals surface area contributed by atoms with E-state index in [1.807, 2.05) is 20.8 Å². The van der Waals surface area contributed by atoms with Gasteiger partial charge in [0.1, 0.15) is 6.61 Å².